The average Bonchev–Trinajstić information content (AvgIpc) is 2.47. The lowest BCUT2D eigenvalue weighted by atomic mass is 10.1. The fourth-order valence-electron chi connectivity index (χ4n) is 0.939. The van der Waals surface area contributed by atoms with Crippen LogP contribution in [0.5, 0.6) is 0 Å². The van der Waals surface area contributed by atoms with Crippen molar-refractivity contribution >= 4 is 12.1 Å². The molecule has 0 aliphatic carbocycles. The molecule has 64 valence electrons. The zero-order valence-electron chi connectivity index (χ0n) is 6.87. The third-order valence-corrected chi connectivity index (χ3v) is 1.59. The average molecular weight is 166 g/mol. The predicted molar refractivity (Wildman–Crippen MR) is 43.7 cm³/mol. The molecule has 0 atom stereocenters. The van der Waals surface area contributed by atoms with Crippen molar-refractivity contribution in [2.24, 2.45) is 0 Å². The van der Waals surface area contributed by atoms with Gasteiger partial charge in [-0.25, -0.2) is 0 Å². The fraction of sp³-hybridized carbons (Fsp3) is 0.333. The summed E-state index contributed by atoms with van der Waals surface area (Å²) in [5.74, 6) is -0.0281. The van der Waals surface area contributed by atoms with E-state index in [9.17, 15) is 9.59 Å². The minimum Gasteiger partial charge on any atom is -0.372 e. The number of carbonyl (C=O) groups excluding carboxylic acids is 2. The van der Waals surface area contributed by atoms with E-state index in [0.29, 0.717) is 18.8 Å². The Kier molecular flexibility index (Phi) is 2.94. The van der Waals surface area contributed by atoms with Crippen LogP contribution in [0.3, 0.4) is 0 Å². The molecule has 0 spiro atoms. The largest absolute Gasteiger partial charge is 0.372 e. The second kappa shape index (κ2) is 3.97. The van der Waals surface area contributed by atoms with Crippen molar-refractivity contribution in [1.82, 2.24) is 0 Å². The van der Waals surface area contributed by atoms with Crippen LogP contribution in [-0.4, -0.2) is 25.3 Å². The Morgan fingerprint density at radius 3 is 2.67 bits per heavy atom. The zero-order valence-corrected chi connectivity index (χ0v) is 6.87. The maximum atomic E-state index is 10.6. The summed E-state index contributed by atoms with van der Waals surface area (Å²) in [4.78, 5) is 21.0. The Hall–Kier alpha value is -1.22. The van der Waals surface area contributed by atoms with Crippen LogP contribution in [-0.2, 0) is 14.3 Å². The van der Waals surface area contributed by atoms with Gasteiger partial charge >= 0.3 is 0 Å². The molecule has 3 heteroatoms. The molecule has 1 rings (SSSR count). The number of carbonyl (C=O) groups is 2. The van der Waals surface area contributed by atoms with Crippen LogP contribution in [0.1, 0.15) is 6.92 Å². The van der Waals surface area contributed by atoms with Crippen molar-refractivity contribution in [3.8, 4) is 0 Å². The summed E-state index contributed by atoms with van der Waals surface area (Å²) in [5, 5.41) is 0. The van der Waals surface area contributed by atoms with Gasteiger partial charge in [-0.15, -0.1) is 0 Å². The van der Waals surface area contributed by atoms with E-state index in [1.54, 1.807) is 6.08 Å². The Bertz CT molecular complexity index is 261. The number of aldehydes is 1. The second-order valence-corrected chi connectivity index (χ2v) is 2.61. The summed E-state index contributed by atoms with van der Waals surface area (Å²) < 4.78 is 5.03. The van der Waals surface area contributed by atoms with E-state index >= 15 is 0 Å². The number of hydrogen-bond donors (Lipinski definition) is 0. The number of ketones is 1. The Labute approximate surface area is 70.7 Å². The molecule has 1 heterocycles. The standard InChI is InChI=1S/C9H10O3/c1-7(11)2-3-8-5-12-6-9(8)4-10/h2-4H,5-6H2,1H3/b3-2+. The smallest absolute Gasteiger partial charge is 0.152 e. The summed E-state index contributed by atoms with van der Waals surface area (Å²) in [7, 11) is 0. The molecule has 1 aliphatic heterocycles. The second-order valence-electron chi connectivity index (χ2n) is 2.61. The number of rotatable bonds is 3. The van der Waals surface area contributed by atoms with Gasteiger partial charge in [0.05, 0.1) is 13.2 Å². The molecule has 1 aliphatic rings. The van der Waals surface area contributed by atoms with E-state index in [-0.39, 0.29) is 5.78 Å². The molecule has 0 unspecified atom stereocenters. The van der Waals surface area contributed by atoms with E-state index in [4.69, 9.17) is 4.74 Å². The van der Waals surface area contributed by atoms with Crippen molar-refractivity contribution in [2.45, 2.75) is 6.92 Å². The van der Waals surface area contributed by atoms with E-state index in [1.807, 2.05) is 0 Å². The van der Waals surface area contributed by atoms with Crippen molar-refractivity contribution in [2.75, 3.05) is 13.2 Å². The highest BCUT2D eigenvalue weighted by Gasteiger charge is 2.11. The van der Waals surface area contributed by atoms with Crippen LogP contribution in [0, 0.1) is 0 Å². The molecule has 0 radical (unpaired) electrons. The molecule has 0 saturated heterocycles. The van der Waals surface area contributed by atoms with Gasteiger partial charge in [0.25, 0.3) is 0 Å². The minimum absolute atomic E-state index is 0.0281. The van der Waals surface area contributed by atoms with Gasteiger partial charge in [0.1, 0.15) is 6.29 Å². The highest BCUT2D eigenvalue weighted by Crippen LogP contribution is 2.12. The lowest BCUT2D eigenvalue weighted by Crippen LogP contribution is -1.88. The van der Waals surface area contributed by atoms with Crippen molar-refractivity contribution in [1.29, 1.82) is 0 Å². The first kappa shape index (κ1) is 8.87. The Morgan fingerprint density at radius 2 is 2.08 bits per heavy atom. The summed E-state index contributed by atoms with van der Waals surface area (Å²) in [6, 6.07) is 0. The Balaban J connectivity index is 2.73. The van der Waals surface area contributed by atoms with E-state index in [2.05, 4.69) is 0 Å². The maximum Gasteiger partial charge on any atom is 0.152 e. The van der Waals surface area contributed by atoms with Gasteiger partial charge in [-0.2, -0.15) is 0 Å². The fourth-order valence-corrected chi connectivity index (χ4v) is 0.939. The third kappa shape index (κ3) is 2.13. The first-order valence-corrected chi connectivity index (χ1v) is 3.67. The van der Waals surface area contributed by atoms with Gasteiger partial charge in [-0.1, -0.05) is 6.08 Å². The van der Waals surface area contributed by atoms with Crippen LogP contribution < -0.4 is 0 Å². The quantitative estimate of drug-likeness (QED) is 0.457. The molecule has 0 aromatic heterocycles. The molecule has 0 bridgehead atoms. The monoisotopic (exact) mass is 166 g/mol. The zero-order chi connectivity index (χ0) is 8.97. The van der Waals surface area contributed by atoms with Crippen molar-refractivity contribution < 1.29 is 14.3 Å². The Morgan fingerprint density at radius 1 is 1.42 bits per heavy atom. The normalized spacial score (nSPS) is 17.4. The first-order valence-electron chi connectivity index (χ1n) is 3.67. The topological polar surface area (TPSA) is 43.4 Å². The molecule has 0 amide bonds. The summed E-state index contributed by atoms with van der Waals surface area (Å²) in [5.41, 5.74) is 1.44. The van der Waals surface area contributed by atoms with E-state index in [0.717, 1.165) is 11.9 Å². The van der Waals surface area contributed by atoms with Crippen molar-refractivity contribution in [3.05, 3.63) is 23.3 Å². The van der Waals surface area contributed by atoms with Gasteiger partial charge < -0.3 is 4.74 Å². The predicted octanol–water partition coefficient (Wildman–Crippen LogP) is 0.657. The highest BCUT2D eigenvalue weighted by atomic mass is 16.5. The SMILES string of the molecule is CC(=O)/C=C/C1=C(C=O)COC1. The van der Waals surface area contributed by atoms with Crippen LogP contribution in [0.4, 0.5) is 0 Å². The summed E-state index contributed by atoms with van der Waals surface area (Å²) in [6.07, 6.45) is 3.85. The van der Waals surface area contributed by atoms with Gasteiger partial charge in [0.15, 0.2) is 5.78 Å². The molecule has 12 heavy (non-hydrogen) atoms. The van der Waals surface area contributed by atoms with E-state index in [1.165, 1.54) is 13.0 Å². The number of allylic oxidation sites excluding steroid dienone is 1. The molecule has 0 aromatic carbocycles. The lowest BCUT2D eigenvalue weighted by Gasteiger charge is -1.89. The molecular formula is C9H10O3. The van der Waals surface area contributed by atoms with Gasteiger partial charge in [0, 0.05) is 5.57 Å². The molecule has 0 aromatic rings. The molecular weight excluding hydrogens is 156 g/mol. The molecule has 0 saturated carbocycles. The minimum atomic E-state index is -0.0281. The number of ether oxygens (including phenoxy) is 1. The maximum absolute atomic E-state index is 10.6. The molecule has 0 fully saturated rings. The van der Waals surface area contributed by atoms with Gasteiger partial charge in [-0.05, 0) is 18.6 Å². The summed E-state index contributed by atoms with van der Waals surface area (Å²) in [6.45, 7) is 2.26. The highest BCUT2D eigenvalue weighted by molar-refractivity contribution is 5.88. The van der Waals surface area contributed by atoms with Crippen LogP contribution >= 0.6 is 0 Å². The molecule has 0 N–H and O–H groups in total. The third-order valence-electron chi connectivity index (χ3n) is 1.59. The van der Waals surface area contributed by atoms with Gasteiger partial charge in [-0.3, -0.25) is 9.59 Å². The van der Waals surface area contributed by atoms with E-state index < -0.39 is 0 Å². The van der Waals surface area contributed by atoms with Crippen LogP contribution in [0.2, 0.25) is 0 Å². The molecule has 3 nitrogen and oxygen atoms in total. The number of hydrogen-bond acceptors (Lipinski definition) is 3. The summed E-state index contributed by atoms with van der Waals surface area (Å²) >= 11 is 0. The van der Waals surface area contributed by atoms with Crippen LogP contribution in [0.25, 0.3) is 0 Å². The van der Waals surface area contributed by atoms with Crippen molar-refractivity contribution in [3.63, 3.8) is 0 Å². The first-order chi connectivity index (χ1) is 5.74. The van der Waals surface area contributed by atoms with Crippen LogP contribution in [0.15, 0.2) is 23.3 Å². The van der Waals surface area contributed by atoms with Gasteiger partial charge in [0.2, 0.25) is 0 Å². The lowest BCUT2D eigenvalue weighted by molar-refractivity contribution is -0.112.